The Morgan fingerprint density at radius 2 is 2.18 bits per heavy atom. The number of nitrogens with zero attached hydrogens (tertiary/aromatic N) is 3. The molecule has 0 unspecified atom stereocenters. The molecule has 1 aromatic heterocycles. The fourth-order valence-electron chi connectivity index (χ4n) is 2.39. The van der Waals surface area contributed by atoms with E-state index in [0.29, 0.717) is 5.95 Å². The Labute approximate surface area is 133 Å². The lowest BCUT2D eigenvalue weighted by molar-refractivity contribution is 0.150. The molecule has 0 spiro atoms. The van der Waals surface area contributed by atoms with Gasteiger partial charge in [-0.3, -0.25) is 0 Å². The average molecular weight is 300 g/mol. The van der Waals surface area contributed by atoms with Crippen molar-refractivity contribution in [3.63, 3.8) is 0 Å². The molecule has 0 aliphatic heterocycles. The Hall–Kier alpha value is -1.66. The van der Waals surface area contributed by atoms with Gasteiger partial charge in [0.2, 0.25) is 5.95 Å². The van der Waals surface area contributed by atoms with Crippen molar-refractivity contribution < 1.29 is 4.74 Å². The van der Waals surface area contributed by atoms with Gasteiger partial charge in [0, 0.05) is 31.8 Å². The molecule has 0 atom stereocenters. The molecule has 1 aromatic carbocycles. The number of rotatable bonds is 9. The number of anilines is 1. The Balaban J connectivity index is 1.80. The summed E-state index contributed by atoms with van der Waals surface area (Å²) in [7, 11) is 3.82. The molecule has 1 N–H and O–H groups in total. The van der Waals surface area contributed by atoms with Crippen LogP contribution in [0.4, 0.5) is 5.95 Å². The molecule has 2 aromatic rings. The van der Waals surface area contributed by atoms with Crippen LogP contribution in [0.25, 0.3) is 10.9 Å². The Kier molecular flexibility index (Phi) is 6.61. The van der Waals surface area contributed by atoms with Crippen molar-refractivity contribution in [3.05, 3.63) is 24.4 Å². The standard InChI is InChI=1S/C16H25BN4O/c1-3-21(9-10-22-2)8-4-7-18-16-19-12-13-11-14(17)5-6-15(13)20-16/h5-6,11-12H,3-4,7-10,17H2,1-2H3,(H,18,19,20). The number of nitrogens with one attached hydrogen (secondary N) is 1. The molecule has 0 bridgehead atoms. The molecule has 1 heterocycles. The summed E-state index contributed by atoms with van der Waals surface area (Å²) in [5, 5.41) is 4.39. The fourth-order valence-corrected chi connectivity index (χ4v) is 2.39. The highest BCUT2D eigenvalue weighted by molar-refractivity contribution is 6.33. The second-order valence-electron chi connectivity index (χ2n) is 5.46. The number of ether oxygens (including phenoxy) is 1. The van der Waals surface area contributed by atoms with Gasteiger partial charge in [-0.05, 0) is 25.6 Å². The molecule has 0 amide bonds. The monoisotopic (exact) mass is 300 g/mol. The number of aromatic nitrogens is 2. The maximum absolute atomic E-state index is 5.12. The SMILES string of the molecule is Bc1ccc2nc(NCCCN(CC)CCOC)ncc2c1. The number of benzene rings is 1. The number of methoxy groups -OCH3 is 1. The van der Waals surface area contributed by atoms with Crippen molar-refractivity contribution in [1.29, 1.82) is 0 Å². The molecule has 6 heteroatoms. The maximum Gasteiger partial charge on any atom is 0.223 e. The Morgan fingerprint density at radius 3 is 2.95 bits per heavy atom. The van der Waals surface area contributed by atoms with Gasteiger partial charge in [-0.15, -0.1) is 0 Å². The summed E-state index contributed by atoms with van der Waals surface area (Å²) in [6.07, 6.45) is 2.95. The third-order valence-electron chi connectivity index (χ3n) is 3.73. The van der Waals surface area contributed by atoms with Gasteiger partial charge in [-0.1, -0.05) is 24.5 Å². The lowest BCUT2D eigenvalue weighted by atomic mass is 9.95. The topological polar surface area (TPSA) is 50.3 Å². The number of fused-ring (bicyclic) bond motifs is 1. The van der Waals surface area contributed by atoms with E-state index in [1.54, 1.807) is 7.11 Å². The zero-order chi connectivity index (χ0) is 15.8. The number of hydrogen-bond donors (Lipinski definition) is 1. The molecule has 0 saturated carbocycles. The van der Waals surface area contributed by atoms with Crippen LogP contribution in [0.3, 0.4) is 0 Å². The second kappa shape index (κ2) is 8.71. The van der Waals surface area contributed by atoms with Crippen LogP contribution in [0, 0.1) is 0 Å². The van der Waals surface area contributed by atoms with Crippen LogP contribution >= 0.6 is 0 Å². The van der Waals surface area contributed by atoms with Crippen molar-refractivity contribution in [1.82, 2.24) is 14.9 Å². The van der Waals surface area contributed by atoms with Gasteiger partial charge >= 0.3 is 0 Å². The van der Waals surface area contributed by atoms with Gasteiger partial charge in [0.25, 0.3) is 0 Å². The van der Waals surface area contributed by atoms with Crippen LogP contribution in [0.5, 0.6) is 0 Å². The van der Waals surface area contributed by atoms with E-state index in [1.807, 2.05) is 12.3 Å². The van der Waals surface area contributed by atoms with E-state index in [2.05, 4.69) is 47.1 Å². The maximum atomic E-state index is 5.12. The highest BCUT2D eigenvalue weighted by Crippen LogP contribution is 2.10. The lowest BCUT2D eigenvalue weighted by Crippen LogP contribution is -2.29. The van der Waals surface area contributed by atoms with Crippen molar-refractivity contribution in [2.24, 2.45) is 0 Å². The average Bonchev–Trinajstić information content (AvgIpc) is 2.54. The molecular formula is C16H25BN4O. The predicted molar refractivity (Wildman–Crippen MR) is 94.8 cm³/mol. The van der Waals surface area contributed by atoms with Crippen molar-refractivity contribution in [2.45, 2.75) is 13.3 Å². The van der Waals surface area contributed by atoms with Gasteiger partial charge in [0.15, 0.2) is 0 Å². The van der Waals surface area contributed by atoms with E-state index in [9.17, 15) is 0 Å². The minimum Gasteiger partial charge on any atom is -0.383 e. The second-order valence-corrected chi connectivity index (χ2v) is 5.46. The Bertz CT molecular complexity index is 593. The normalized spacial score (nSPS) is 11.2. The quantitative estimate of drug-likeness (QED) is 0.544. The molecular weight excluding hydrogens is 275 g/mol. The third kappa shape index (κ3) is 4.96. The summed E-state index contributed by atoms with van der Waals surface area (Å²) >= 11 is 0. The zero-order valence-electron chi connectivity index (χ0n) is 13.8. The first-order valence-electron chi connectivity index (χ1n) is 7.91. The van der Waals surface area contributed by atoms with Crippen molar-refractivity contribution in [2.75, 3.05) is 45.2 Å². The molecule has 118 valence electrons. The van der Waals surface area contributed by atoms with Gasteiger partial charge < -0.3 is 15.0 Å². The molecule has 0 radical (unpaired) electrons. The summed E-state index contributed by atoms with van der Waals surface area (Å²) < 4.78 is 5.12. The molecule has 0 aliphatic rings. The van der Waals surface area contributed by atoms with Gasteiger partial charge in [-0.2, -0.15) is 0 Å². The number of hydrogen-bond acceptors (Lipinski definition) is 5. The van der Waals surface area contributed by atoms with Gasteiger partial charge in [-0.25, -0.2) is 9.97 Å². The van der Waals surface area contributed by atoms with Gasteiger partial charge in [0.1, 0.15) is 7.85 Å². The van der Waals surface area contributed by atoms with E-state index < -0.39 is 0 Å². The summed E-state index contributed by atoms with van der Waals surface area (Å²) in [6.45, 7) is 6.93. The van der Waals surface area contributed by atoms with Crippen LogP contribution in [0.1, 0.15) is 13.3 Å². The summed E-state index contributed by atoms with van der Waals surface area (Å²) in [6, 6.07) is 6.23. The first-order valence-corrected chi connectivity index (χ1v) is 7.91. The molecule has 0 saturated heterocycles. The highest BCUT2D eigenvalue weighted by Gasteiger charge is 2.03. The molecule has 5 nitrogen and oxygen atoms in total. The van der Waals surface area contributed by atoms with E-state index in [-0.39, 0.29) is 0 Å². The Morgan fingerprint density at radius 1 is 1.32 bits per heavy atom. The minimum atomic E-state index is 0.705. The third-order valence-corrected chi connectivity index (χ3v) is 3.73. The predicted octanol–water partition coefficient (Wildman–Crippen LogP) is 0.659. The van der Waals surface area contributed by atoms with Crippen LogP contribution < -0.4 is 10.8 Å². The van der Waals surface area contributed by atoms with E-state index >= 15 is 0 Å². The van der Waals surface area contributed by atoms with E-state index in [4.69, 9.17) is 4.74 Å². The summed E-state index contributed by atoms with van der Waals surface area (Å²) in [5.74, 6) is 0.705. The molecule has 2 rings (SSSR count). The smallest absolute Gasteiger partial charge is 0.223 e. The van der Waals surface area contributed by atoms with Crippen LogP contribution in [-0.4, -0.2) is 62.6 Å². The summed E-state index contributed by atoms with van der Waals surface area (Å²) in [4.78, 5) is 11.3. The van der Waals surface area contributed by atoms with Crippen LogP contribution in [-0.2, 0) is 4.74 Å². The molecule has 0 aliphatic carbocycles. The first-order chi connectivity index (χ1) is 10.7. The largest absolute Gasteiger partial charge is 0.383 e. The molecule has 22 heavy (non-hydrogen) atoms. The number of likely N-dealkylation sites (N-methyl/N-ethyl adjacent to an activating group) is 1. The van der Waals surface area contributed by atoms with Crippen molar-refractivity contribution in [3.8, 4) is 0 Å². The lowest BCUT2D eigenvalue weighted by Gasteiger charge is -2.19. The first kappa shape index (κ1) is 16.7. The highest BCUT2D eigenvalue weighted by atomic mass is 16.5. The van der Waals surface area contributed by atoms with Crippen molar-refractivity contribution >= 4 is 30.2 Å². The van der Waals surface area contributed by atoms with Crippen LogP contribution in [0.2, 0.25) is 0 Å². The summed E-state index contributed by atoms with van der Waals surface area (Å²) in [5.41, 5.74) is 2.21. The zero-order valence-corrected chi connectivity index (χ0v) is 13.8. The van der Waals surface area contributed by atoms with E-state index in [0.717, 1.165) is 50.1 Å². The fraction of sp³-hybridized carbons (Fsp3) is 0.500. The van der Waals surface area contributed by atoms with Gasteiger partial charge in [0.05, 0.1) is 12.1 Å². The minimum absolute atomic E-state index is 0.705. The van der Waals surface area contributed by atoms with Crippen LogP contribution in [0.15, 0.2) is 24.4 Å². The van der Waals surface area contributed by atoms with E-state index in [1.165, 1.54) is 5.46 Å². The molecule has 0 fully saturated rings.